The number of ketones is 1. The molecule has 0 amide bonds. The average molecular weight is 421 g/mol. The molecule has 0 atom stereocenters. The highest BCUT2D eigenvalue weighted by Crippen LogP contribution is 2.22. The van der Waals surface area contributed by atoms with Crippen LogP contribution in [-0.4, -0.2) is 33.1 Å². The molecule has 8 heteroatoms. The van der Waals surface area contributed by atoms with Crippen molar-refractivity contribution in [2.75, 3.05) is 6.61 Å². The number of Topliss-reactive ketones (excluding diaryl/α,β-unsaturated/α-hetero) is 1. The number of esters is 1. The van der Waals surface area contributed by atoms with Gasteiger partial charge in [0, 0.05) is 5.56 Å². The normalized spacial score (nSPS) is 10.7. The molecule has 0 unspecified atom stereocenters. The van der Waals surface area contributed by atoms with Crippen molar-refractivity contribution in [1.82, 2.24) is 9.78 Å². The van der Waals surface area contributed by atoms with Crippen LogP contribution in [0.2, 0.25) is 0 Å². The van der Waals surface area contributed by atoms with Gasteiger partial charge in [-0.15, -0.1) is 0 Å². The van der Waals surface area contributed by atoms with Crippen LogP contribution in [0.25, 0.3) is 0 Å². The van der Waals surface area contributed by atoms with E-state index in [0.717, 1.165) is 17.5 Å². The van der Waals surface area contributed by atoms with Crippen molar-refractivity contribution in [2.24, 2.45) is 0 Å². The van der Waals surface area contributed by atoms with E-state index in [2.05, 4.69) is 5.10 Å². The number of nitrogens with zero attached hydrogens (tertiary/aromatic N) is 3. The Hall–Kier alpha value is -3.81. The van der Waals surface area contributed by atoms with Crippen LogP contribution in [-0.2, 0) is 17.7 Å². The number of benzene rings is 2. The zero-order valence-electron chi connectivity index (χ0n) is 17.6. The van der Waals surface area contributed by atoms with Crippen molar-refractivity contribution in [3.8, 4) is 0 Å². The quantitative estimate of drug-likeness (QED) is 0.235. The van der Waals surface area contributed by atoms with Crippen LogP contribution < -0.4 is 0 Å². The summed E-state index contributed by atoms with van der Waals surface area (Å²) in [4.78, 5) is 35.2. The SMILES string of the molecule is CCc1ccc(C(=O)COC(=O)c2ccc(Cn3nc(C)c([N+](=O)[O-])c3C)cc2)cc1. The first kappa shape index (κ1) is 21.9. The lowest BCUT2D eigenvalue weighted by Gasteiger charge is -2.07. The Kier molecular flexibility index (Phi) is 6.59. The summed E-state index contributed by atoms with van der Waals surface area (Å²) in [5, 5.41) is 15.4. The number of hydrogen-bond acceptors (Lipinski definition) is 6. The van der Waals surface area contributed by atoms with Crippen LogP contribution in [0.1, 0.15) is 50.2 Å². The van der Waals surface area contributed by atoms with Crippen LogP contribution >= 0.6 is 0 Å². The molecule has 0 spiro atoms. The van der Waals surface area contributed by atoms with Crippen molar-refractivity contribution in [3.05, 3.63) is 92.3 Å². The van der Waals surface area contributed by atoms with Crippen LogP contribution in [0, 0.1) is 24.0 Å². The second-order valence-electron chi connectivity index (χ2n) is 7.18. The summed E-state index contributed by atoms with van der Waals surface area (Å²) < 4.78 is 6.70. The van der Waals surface area contributed by atoms with Crippen molar-refractivity contribution >= 4 is 17.4 Å². The number of ether oxygens (including phenoxy) is 1. The van der Waals surface area contributed by atoms with Gasteiger partial charge in [-0.25, -0.2) is 4.79 Å². The minimum Gasteiger partial charge on any atom is -0.454 e. The van der Waals surface area contributed by atoms with Gasteiger partial charge in [0.1, 0.15) is 11.4 Å². The number of aromatic nitrogens is 2. The van der Waals surface area contributed by atoms with Crippen LogP contribution in [0.5, 0.6) is 0 Å². The maximum atomic E-state index is 12.3. The first-order valence-electron chi connectivity index (χ1n) is 9.86. The first-order chi connectivity index (χ1) is 14.8. The van der Waals surface area contributed by atoms with E-state index in [0.29, 0.717) is 29.1 Å². The van der Waals surface area contributed by atoms with Crippen molar-refractivity contribution in [2.45, 2.75) is 33.7 Å². The third-order valence-electron chi connectivity index (χ3n) is 5.07. The first-order valence-corrected chi connectivity index (χ1v) is 9.86. The number of rotatable bonds is 8. The van der Waals surface area contributed by atoms with Crippen molar-refractivity contribution < 1.29 is 19.2 Å². The molecule has 0 aliphatic carbocycles. The fourth-order valence-corrected chi connectivity index (χ4v) is 3.25. The summed E-state index contributed by atoms with van der Waals surface area (Å²) in [5.41, 5.74) is 3.60. The van der Waals surface area contributed by atoms with E-state index < -0.39 is 10.9 Å². The van der Waals surface area contributed by atoms with E-state index in [4.69, 9.17) is 4.74 Å². The topological polar surface area (TPSA) is 104 Å². The highest BCUT2D eigenvalue weighted by Gasteiger charge is 2.21. The Morgan fingerprint density at radius 1 is 1.00 bits per heavy atom. The van der Waals surface area contributed by atoms with E-state index in [1.807, 2.05) is 19.1 Å². The largest absolute Gasteiger partial charge is 0.454 e. The maximum Gasteiger partial charge on any atom is 0.338 e. The Bertz CT molecular complexity index is 1120. The predicted octanol–water partition coefficient (Wildman–Crippen LogP) is 4.06. The lowest BCUT2D eigenvalue weighted by Crippen LogP contribution is -2.14. The molecule has 1 aromatic heterocycles. The van der Waals surface area contributed by atoms with Crippen LogP contribution in [0.3, 0.4) is 0 Å². The van der Waals surface area contributed by atoms with Gasteiger partial charge >= 0.3 is 11.7 Å². The van der Waals surface area contributed by atoms with Gasteiger partial charge in [-0.05, 0) is 43.5 Å². The Labute approximate surface area is 179 Å². The minimum atomic E-state index is -0.591. The fourth-order valence-electron chi connectivity index (χ4n) is 3.25. The highest BCUT2D eigenvalue weighted by atomic mass is 16.6. The summed E-state index contributed by atoms with van der Waals surface area (Å²) >= 11 is 0. The van der Waals surface area contributed by atoms with Gasteiger partial charge in [0.15, 0.2) is 12.4 Å². The third-order valence-corrected chi connectivity index (χ3v) is 5.07. The molecule has 2 aromatic carbocycles. The molecule has 31 heavy (non-hydrogen) atoms. The van der Waals surface area contributed by atoms with Crippen molar-refractivity contribution in [1.29, 1.82) is 0 Å². The van der Waals surface area contributed by atoms with Gasteiger partial charge in [0.2, 0.25) is 0 Å². The van der Waals surface area contributed by atoms with Crippen LogP contribution in [0.4, 0.5) is 5.69 Å². The monoisotopic (exact) mass is 421 g/mol. The molecule has 3 aromatic rings. The second kappa shape index (κ2) is 9.34. The number of aryl methyl sites for hydroxylation is 2. The molecule has 3 rings (SSSR count). The van der Waals surface area contributed by atoms with E-state index in [1.54, 1.807) is 54.9 Å². The minimum absolute atomic E-state index is 0.00852. The van der Waals surface area contributed by atoms with Gasteiger partial charge in [-0.3, -0.25) is 19.6 Å². The smallest absolute Gasteiger partial charge is 0.338 e. The fraction of sp³-hybridized carbons (Fsp3) is 0.261. The molecule has 0 bridgehead atoms. The van der Waals surface area contributed by atoms with E-state index in [9.17, 15) is 19.7 Å². The lowest BCUT2D eigenvalue weighted by atomic mass is 10.1. The summed E-state index contributed by atoms with van der Waals surface area (Å²) in [5.74, 6) is -0.856. The molecule has 0 saturated carbocycles. The van der Waals surface area contributed by atoms with Gasteiger partial charge in [-0.2, -0.15) is 5.10 Å². The van der Waals surface area contributed by atoms with Crippen molar-refractivity contribution in [3.63, 3.8) is 0 Å². The predicted molar refractivity (Wildman–Crippen MR) is 114 cm³/mol. The molecule has 0 radical (unpaired) electrons. The number of carbonyl (C=O) groups is 2. The molecule has 0 fully saturated rings. The number of nitro groups is 1. The lowest BCUT2D eigenvalue weighted by molar-refractivity contribution is -0.386. The summed E-state index contributed by atoms with van der Waals surface area (Å²) in [6, 6.07) is 13.9. The molecule has 0 N–H and O–H groups in total. The van der Waals surface area contributed by atoms with Gasteiger partial charge in [0.05, 0.1) is 17.0 Å². The Morgan fingerprint density at radius 3 is 2.13 bits per heavy atom. The number of carbonyl (C=O) groups excluding carboxylic acids is 2. The standard InChI is InChI=1S/C23H23N3O5/c1-4-17-5-9-19(10-6-17)21(27)14-31-23(28)20-11-7-18(8-12-20)13-25-16(3)22(26(29)30)15(2)24-25/h5-12H,4,13-14H2,1-3H3. The molecular formula is C23H23N3O5. The van der Waals surface area contributed by atoms with E-state index >= 15 is 0 Å². The molecule has 8 nitrogen and oxygen atoms in total. The molecule has 160 valence electrons. The van der Waals surface area contributed by atoms with Gasteiger partial charge in [0.25, 0.3) is 0 Å². The summed E-state index contributed by atoms with van der Waals surface area (Å²) in [7, 11) is 0. The zero-order chi connectivity index (χ0) is 22.5. The molecule has 1 heterocycles. The Morgan fingerprint density at radius 2 is 1.58 bits per heavy atom. The van der Waals surface area contributed by atoms with E-state index in [-0.39, 0.29) is 18.1 Å². The molecular weight excluding hydrogens is 398 g/mol. The maximum absolute atomic E-state index is 12.3. The van der Waals surface area contributed by atoms with E-state index in [1.165, 1.54) is 0 Å². The summed E-state index contributed by atoms with van der Waals surface area (Å²) in [6.07, 6.45) is 0.885. The average Bonchev–Trinajstić information content (AvgIpc) is 3.05. The Balaban J connectivity index is 1.60. The molecule has 0 aliphatic rings. The highest BCUT2D eigenvalue weighted by molar-refractivity contribution is 5.99. The van der Waals surface area contributed by atoms with Crippen LogP contribution in [0.15, 0.2) is 48.5 Å². The molecule has 0 aliphatic heterocycles. The summed E-state index contributed by atoms with van der Waals surface area (Å²) in [6.45, 7) is 5.28. The number of hydrogen-bond donors (Lipinski definition) is 0. The molecule has 0 saturated heterocycles. The van der Waals surface area contributed by atoms with Gasteiger partial charge < -0.3 is 4.74 Å². The zero-order valence-corrected chi connectivity index (χ0v) is 17.6. The van der Waals surface area contributed by atoms with Gasteiger partial charge in [-0.1, -0.05) is 43.3 Å². The second-order valence-corrected chi connectivity index (χ2v) is 7.18. The third kappa shape index (κ3) is 5.03.